The monoisotopic (exact) mass is 328 g/mol. The maximum Gasteiger partial charge on any atom is 0.271 e. The zero-order chi connectivity index (χ0) is 17.5. The van der Waals surface area contributed by atoms with Gasteiger partial charge in [0.1, 0.15) is 17.2 Å². The molecule has 126 valence electrons. The number of phenols is 2. The van der Waals surface area contributed by atoms with Crippen molar-refractivity contribution in [2.75, 3.05) is 6.61 Å². The van der Waals surface area contributed by atoms with Crippen LogP contribution in [0.15, 0.2) is 47.6 Å². The predicted octanol–water partition coefficient (Wildman–Crippen LogP) is 3.04. The van der Waals surface area contributed by atoms with Gasteiger partial charge in [-0.1, -0.05) is 13.0 Å². The van der Waals surface area contributed by atoms with Crippen LogP contribution < -0.4 is 10.2 Å². The Labute approximate surface area is 140 Å². The highest BCUT2D eigenvalue weighted by Gasteiger charge is 2.11. The molecule has 0 radical (unpaired) electrons. The zero-order valence-corrected chi connectivity index (χ0v) is 13.6. The Bertz CT molecular complexity index is 719. The molecule has 1 amide bonds. The van der Waals surface area contributed by atoms with E-state index in [4.69, 9.17) is 4.74 Å². The maximum atomic E-state index is 12.1. The molecule has 0 spiro atoms. The van der Waals surface area contributed by atoms with Crippen molar-refractivity contribution in [3.05, 3.63) is 53.6 Å². The smallest absolute Gasteiger partial charge is 0.271 e. The molecule has 6 nitrogen and oxygen atoms in total. The molecule has 0 saturated carbocycles. The number of nitrogens with zero attached hydrogens (tertiary/aromatic N) is 1. The summed E-state index contributed by atoms with van der Waals surface area (Å²) in [6.07, 6.45) is 0.912. The lowest BCUT2D eigenvalue weighted by atomic mass is 10.1. The highest BCUT2D eigenvalue weighted by atomic mass is 16.5. The van der Waals surface area contributed by atoms with Crippen molar-refractivity contribution in [2.24, 2.45) is 5.10 Å². The Hall–Kier alpha value is -3.02. The predicted molar refractivity (Wildman–Crippen MR) is 91.7 cm³/mol. The van der Waals surface area contributed by atoms with Gasteiger partial charge in [-0.05, 0) is 49.7 Å². The Morgan fingerprint density at radius 3 is 2.33 bits per heavy atom. The average Bonchev–Trinajstić information content (AvgIpc) is 2.58. The van der Waals surface area contributed by atoms with Crippen LogP contribution in [0.3, 0.4) is 0 Å². The molecule has 2 aromatic rings. The van der Waals surface area contributed by atoms with Gasteiger partial charge in [-0.15, -0.1) is 0 Å². The second-order valence-corrected chi connectivity index (χ2v) is 5.18. The van der Waals surface area contributed by atoms with E-state index in [0.717, 1.165) is 6.42 Å². The summed E-state index contributed by atoms with van der Waals surface area (Å²) >= 11 is 0. The number of carbonyl (C=O) groups excluding carboxylic acids is 1. The number of aromatic hydroxyl groups is 2. The van der Waals surface area contributed by atoms with Crippen molar-refractivity contribution >= 4 is 11.6 Å². The van der Waals surface area contributed by atoms with Crippen LogP contribution in [0.25, 0.3) is 0 Å². The molecule has 24 heavy (non-hydrogen) atoms. The number of amides is 1. The van der Waals surface area contributed by atoms with E-state index in [1.165, 1.54) is 18.2 Å². The molecule has 0 heterocycles. The van der Waals surface area contributed by atoms with Crippen LogP contribution >= 0.6 is 0 Å². The van der Waals surface area contributed by atoms with Gasteiger partial charge in [0.05, 0.1) is 17.9 Å². The van der Waals surface area contributed by atoms with Crippen LogP contribution in [0, 0.1) is 0 Å². The molecule has 0 aromatic heterocycles. The number of carbonyl (C=O) groups is 1. The van der Waals surface area contributed by atoms with Gasteiger partial charge in [-0.2, -0.15) is 5.10 Å². The van der Waals surface area contributed by atoms with Gasteiger partial charge in [0, 0.05) is 5.56 Å². The number of nitrogens with one attached hydrogen (secondary N) is 1. The zero-order valence-electron chi connectivity index (χ0n) is 13.6. The first-order chi connectivity index (χ1) is 11.5. The van der Waals surface area contributed by atoms with Crippen molar-refractivity contribution in [2.45, 2.75) is 20.3 Å². The van der Waals surface area contributed by atoms with Crippen molar-refractivity contribution in [1.82, 2.24) is 5.43 Å². The number of phenolic OH excluding ortho intramolecular Hbond substituents is 2. The van der Waals surface area contributed by atoms with Crippen LogP contribution in [0.4, 0.5) is 0 Å². The summed E-state index contributed by atoms with van der Waals surface area (Å²) in [5.41, 5.74) is 3.30. The average molecular weight is 328 g/mol. The first kappa shape index (κ1) is 17.3. The Kier molecular flexibility index (Phi) is 5.78. The van der Waals surface area contributed by atoms with E-state index in [1.807, 2.05) is 6.92 Å². The SMILES string of the molecule is CCCOc1ccc(C(=O)N/N=C(/C)c2c(O)cccc2O)cc1. The molecule has 0 saturated heterocycles. The first-order valence-electron chi connectivity index (χ1n) is 7.61. The quantitative estimate of drug-likeness (QED) is 0.561. The van der Waals surface area contributed by atoms with Gasteiger partial charge in [-0.25, -0.2) is 5.43 Å². The molecule has 0 atom stereocenters. The molecule has 0 fully saturated rings. The summed E-state index contributed by atoms with van der Waals surface area (Å²) in [7, 11) is 0. The number of rotatable bonds is 6. The normalized spacial score (nSPS) is 11.2. The fourth-order valence-electron chi connectivity index (χ4n) is 2.08. The van der Waals surface area contributed by atoms with Gasteiger partial charge in [0.2, 0.25) is 0 Å². The number of hydrazone groups is 1. The van der Waals surface area contributed by atoms with E-state index in [-0.39, 0.29) is 17.1 Å². The third-order valence-electron chi connectivity index (χ3n) is 3.30. The van der Waals surface area contributed by atoms with E-state index in [0.29, 0.717) is 23.6 Å². The third-order valence-corrected chi connectivity index (χ3v) is 3.30. The molecule has 0 aliphatic carbocycles. The molecule has 2 aromatic carbocycles. The first-order valence-corrected chi connectivity index (χ1v) is 7.61. The summed E-state index contributed by atoms with van der Waals surface area (Å²) in [4.78, 5) is 12.1. The van der Waals surface area contributed by atoms with E-state index >= 15 is 0 Å². The topological polar surface area (TPSA) is 91.2 Å². The van der Waals surface area contributed by atoms with E-state index in [1.54, 1.807) is 31.2 Å². The van der Waals surface area contributed by atoms with Crippen molar-refractivity contribution < 1.29 is 19.7 Å². The molecule has 0 unspecified atom stereocenters. The van der Waals surface area contributed by atoms with E-state index in [2.05, 4.69) is 10.5 Å². The van der Waals surface area contributed by atoms with Crippen molar-refractivity contribution in [1.29, 1.82) is 0 Å². The highest BCUT2D eigenvalue weighted by Crippen LogP contribution is 2.26. The van der Waals surface area contributed by atoms with Crippen LogP contribution in [-0.2, 0) is 0 Å². The minimum Gasteiger partial charge on any atom is -0.507 e. The number of hydrogen-bond donors (Lipinski definition) is 3. The summed E-state index contributed by atoms with van der Waals surface area (Å²) in [6.45, 7) is 4.22. The molecule has 0 aliphatic heterocycles. The van der Waals surface area contributed by atoms with Crippen molar-refractivity contribution in [3.8, 4) is 17.2 Å². The third kappa shape index (κ3) is 4.25. The molecule has 0 bridgehead atoms. The van der Waals surface area contributed by atoms with Gasteiger partial charge >= 0.3 is 0 Å². The van der Waals surface area contributed by atoms with Gasteiger partial charge in [0.25, 0.3) is 5.91 Å². The second kappa shape index (κ2) is 8.01. The lowest BCUT2D eigenvalue weighted by Crippen LogP contribution is -2.19. The number of ether oxygens (including phenoxy) is 1. The lowest BCUT2D eigenvalue weighted by molar-refractivity contribution is 0.0954. The second-order valence-electron chi connectivity index (χ2n) is 5.18. The molecule has 2 rings (SSSR count). The number of hydrogen-bond acceptors (Lipinski definition) is 5. The number of benzene rings is 2. The molecule has 0 aliphatic rings. The Morgan fingerprint density at radius 1 is 1.12 bits per heavy atom. The Morgan fingerprint density at radius 2 is 1.75 bits per heavy atom. The minimum absolute atomic E-state index is 0.108. The van der Waals surface area contributed by atoms with Crippen molar-refractivity contribution in [3.63, 3.8) is 0 Å². The minimum atomic E-state index is -0.397. The summed E-state index contributed by atoms with van der Waals surface area (Å²) < 4.78 is 5.46. The maximum absolute atomic E-state index is 12.1. The molecule has 3 N–H and O–H groups in total. The molecular weight excluding hydrogens is 308 g/mol. The largest absolute Gasteiger partial charge is 0.507 e. The van der Waals surface area contributed by atoms with Gasteiger partial charge in [-0.3, -0.25) is 4.79 Å². The summed E-state index contributed by atoms with van der Waals surface area (Å²) in [6, 6.07) is 11.1. The van der Waals surface area contributed by atoms with Crippen LogP contribution in [0.2, 0.25) is 0 Å². The fraction of sp³-hybridized carbons (Fsp3) is 0.222. The van der Waals surface area contributed by atoms with Crippen LogP contribution in [-0.4, -0.2) is 28.4 Å². The lowest BCUT2D eigenvalue weighted by Gasteiger charge is -2.08. The van der Waals surface area contributed by atoms with Gasteiger partial charge < -0.3 is 14.9 Å². The van der Waals surface area contributed by atoms with E-state index in [9.17, 15) is 15.0 Å². The fourth-order valence-corrected chi connectivity index (χ4v) is 2.08. The molecular formula is C18H20N2O4. The van der Waals surface area contributed by atoms with Crippen LogP contribution in [0.1, 0.15) is 36.2 Å². The summed E-state index contributed by atoms with van der Waals surface area (Å²) in [5, 5.41) is 23.5. The summed E-state index contributed by atoms with van der Waals surface area (Å²) in [5.74, 6) is 0.0874. The van der Waals surface area contributed by atoms with E-state index < -0.39 is 5.91 Å². The molecule has 6 heteroatoms. The van der Waals surface area contributed by atoms with Gasteiger partial charge in [0.15, 0.2) is 0 Å². The van der Waals surface area contributed by atoms with Crippen LogP contribution in [0.5, 0.6) is 17.2 Å². The highest BCUT2D eigenvalue weighted by molar-refractivity contribution is 6.04. The standard InChI is InChI=1S/C18H20N2O4/c1-3-11-24-14-9-7-13(8-10-14)18(23)20-19-12(2)17-15(21)5-4-6-16(17)22/h4-10,21-22H,3,11H2,1-2H3,(H,20,23)/b19-12-. The Balaban J connectivity index is 2.06.